The fraction of sp³-hybridized carbons (Fsp3) is 0.556. The van der Waals surface area contributed by atoms with E-state index >= 15 is 0 Å². The lowest BCUT2D eigenvalue weighted by molar-refractivity contribution is -0.133. The van der Waals surface area contributed by atoms with E-state index in [-0.39, 0.29) is 23.1 Å². The fourth-order valence-electron chi connectivity index (χ4n) is 3.69. The van der Waals surface area contributed by atoms with E-state index in [0.29, 0.717) is 6.42 Å². The average molecular weight is 300 g/mol. The summed E-state index contributed by atoms with van der Waals surface area (Å²) < 4.78 is 0. The first-order valence-corrected chi connectivity index (χ1v) is 8.06. The molecule has 1 atom stereocenters. The first-order chi connectivity index (χ1) is 10.4. The second-order valence-electron chi connectivity index (χ2n) is 7.16. The van der Waals surface area contributed by atoms with Gasteiger partial charge in [0.2, 0.25) is 11.8 Å². The van der Waals surface area contributed by atoms with Gasteiger partial charge in [-0.3, -0.25) is 9.59 Å². The van der Waals surface area contributed by atoms with Crippen LogP contribution in [0.4, 0.5) is 5.69 Å². The van der Waals surface area contributed by atoms with Gasteiger partial charge in [-0.2, -0.15) is 0 Å². The summed E-state index contributed by atoms with van der Waals surface area (Å²) >= 11 is 0. The zero-order chi connectivity index (χ0) is 15.9. The number of hydrogen-bond donors (Lipinski definition) is 0. The lowest BCUT2D eigenvalue weighted by atomic mass is 9.86. The van der Waals surface area contributed by atoms with Gasteiger partial charge in [0.05, 0.1) is 0 Å². The number of anilines is 1. The van der Waals surface area contributed by atoms with E-state index in [9.17, 15) is 9.59 Å². The summed E-state index contributed by atoms with van der Waals surface area (Å²) in [6.45, 7) is 8.15. The van der Waals surface area contributed by atoms with Gasteiger partial charge in [0, 0.05) is 43.1 Å². The smallest absolute Gasteiger partial charge is 0.227 e. The average Bonchev–Trinajstić information content (AvgIpc) is 3.02. The van der Waals surface area contributed by atoms with Crippen molar-refractivity contribution in [1.29, 1.82) is 0 Å². The summed E-state index contributed by atoms with van der Waals surface area (Å²) in [4.78, 5) is 28.5. The molecule has 0 saturated carbocycles. The number of hydrogen-bond acceptors (Lipinski definition) is 2. The van der Waals surface area contributed by atoms with Crippen molar-refractivity contribution in [2.45, 2.75) is 33.6 Å². The van der Waals surface area contributed by atoms with Crippen molar-refractivity contribution >= 4 is 17.5 Å². The molecular formula is C18H24N2O2. The Kier molecular flexibility index (Phi) is 3.71. The fourth-order valence-corrected chi connectivity index (χ4v) is 3.69. The molecule has 118 valence electrons. The Labute approximate surface area is 132 Å². The third-order valence-corrected chi connectivity index (χ3v) is 4.88. The summed E-state index contributed by atoms with van der Waals surface area (Å²) in [5, 5.41) is 0. The lowest BCUT2D eigenvalue weighted by Crippen LogP contribution is -2.36. The van der Waals surface area contributed by atoms with Crippen molar-refractivity contribution in [3.05, 3.63) is 29.8 Å². The van der Waals surface area contributed by atoms with Crippen molar-refractivity contribution in [2.24, 2.45) is 11.3 Å². The van der Waals surface area contributed by atoms with Crippen LogP contribution in [0.15, 0.2) is 24.3 Å². The minimum atomic E-state index is -0.0502. The molecule has 2 heterocycles. The normalized spacial score (nSPS) is 24.8. The molecule has 3 rings (SSSR count). The second kappa shape index (κ2) is 5.41. The van der Waals surface area contributed by atoms with Crippen molar-refractivity contribution < 1.29 is 9.59 Å². The van der Waals surface area contributed by atoms with E-state index in [0.717, 1.165) is 37.3 Å². The Morgan fingerprint density at radius 3 is 2.73 bits per heavy atom. The van der Waals surface area contributed by atoms with Gasteiger partial charge >= 0.3 is 0 Å². The van der Waals surface area contributed by atoms with Crippen molar-refractivity contribution in [3.63, 3.8) is 0 Å². The molecule has 0 aliphatic carbocycles. The number of benzene rings is 1. The SMILES string of the molecule is Cc1cccc(N2CC3(CCN(C(=O)C(C)C)C3)CC2=O)c1. The molecule has 2 aliphatic rings. The van der Waals surface area contributed by atoms with Crippen LogP contribution in [0, 0.1) is 18.3 Å². The maximum atomic E-state index is 12.5. The minimum absolute atomic E-state index is 0.0279. The number of likely N-dealkylation sites (tertiary alicyclic amines) is 1. The molecule has 2 aliphatic heterocycles. The number of nitrogens with zero attached hydrogens (tertiary/aromatic N) is 2. The van der Waals surface area contributed by atoms with Gasteiger partial charge in [-0.15, -0.1) is 0 Å². The Bertz CT molecular complexity index is 611. The van der Waals surface area contributed by atoms with Gasteiger partial charge in [0.15, 0.2) is 0 Å². The Morgan fingerprint density at radius 1 is 1.27 bits per heavy atom. The predicted octanol–water partition coefficient (Wildman–Crippen LogP) is 2.61. The number of rotatable bonds is 2. The summed E-state index contributed by atoms with van der Waals surface area (Å²) in [5.74, 6) is 0.419. The Morgan fingerprint density at radius 2 is 2.05 bits per heavy atom. The standard InChI is InChI=1S/C18H24N2O2/c1-13(2)17(22)19-8-7-18(11-19)10-16(21)20(12-18)15-6-4-5-14(3)9-15/h4-6,9,13H,7-8,10-12H2,1-3H3. The van der Waals surface area contributed by atoms with E-state index < -0.39 is 0 Å². The molecule has 2 saturated heterocycles. The van der Waals surface area contributed by atoms with Crippen LogP contribution in [0.25, 0.3) is 0 Å². The highest BCUT2D eigenvalue weighted by molar-refractivity contribution is 5.96. The first-order valence-electron chi connectivity index (χ1n) is 8.06. The highest BCUT2D eigenvalue weighted by atomic mass is 16.2. The lowest BCUT2D eigenvalue weighted by Gasteiger charge is -2.25. The van der Waals surface area contributed by atoms with E-state index in [2.05, 4.69) is 6.07 Å². The highest BCUT2D eigenvalue weighted by Crippen LogP contribution is 2.42. The van der Waals surface area contributed by atoms with Crippen LogP contribution in [-0.2, 0) is 9.59 Å². The molecular weight excluding hydrogens is 276 g/mol. The van der Waals surface area contributed by atoms with Crippen LogP contribution in [-0.4, -0.2) is 36.3 Å². The van der Waals surface area contributed by atoms with Gasteiger partial charge in [0.25, 0.3) is 0 Å². The summed E-state index contributed by atoms with van der Waals surface area (Å²) in [6.07, 6.45) is 1.49. The van der Waals surface area contributed by atoms with Crippen LogP contribution >= 0.6 is 0 Å². The summed E-state index contributed by atoms with van der Waals surface area (Å²) in [7, 11) is 0. The van der Waals surface area contributed by atoms with Gasteiger partial charge in [-0.1, -0.05) is 26.0 Å². The van der Waals surface area contributed by atoms with E-state index in [1.54, 1.807) is 0 Å². The van der Waals surface area contributed by atoms with Crippen LogP contribution < -0.4 is 4.90 Å². The Hall–Kier alpha value is -1.84. The van der Waals surface area contributed by atoms with Gasteiger partial charge < -0.3 is 9.80 Å². The maximum Gasteiger partial charge on any atom is 0.227 e. The molecule has 1 aromatic carbocycles. The van der Waals surface area contributed by atoms with Crippen LogP contribution in [0.1, 0.15) is 32.3 Å². The van der Waals surface area contributed by atoms with Crippen LogP contribution in [0.5, 0.6) is 0 Å². The quantitative estimate of drug-likeness (QED) is 0.842. The monoisotopic (exact) mass is 300 g/mol. The van der Waals surface area contributed by atoms with Crippen molar-refractivity contribution in [1.82, 2.24) is 4.90 Å². The third kappa shape index (κ3) is 2.62. The van der Waals surface area contributed by atoms with Crippen LogP contribution in [0.2, 0.25) is 0 Å². The number of carbonyl (C=O) groups excluding carboxylic acids is 2. The predicted molar refractivity (Wildman–Crippen MR) is 86.6 cm³/mol. The summed E-state index contributed by atoms with van der Waals surface area (Å²) in [6, 6.07) is 8.09. The zero-order valence-electron chi connectivity index (χ0n) is 13.6. The molecule has 2 amide bonds. The van der Waals surface area contributed by atoms with E-state index in [1.807, 2.05) is 48.8 Å². The molecule has 0 radical (unpaired) electrons. The van der Waals surface area contributed by atoms with Gasteiger partial charge in [-0.25, -0.2) is 0 Å². The van der Waals surface area contributed by atoms with Crippen molar-refractivity contribution in [2.75, 3.05) is 24.5 Å². The topological polar surface area (TPSA) is 40.6 Å². The summed E-state index contributed by atoms with van der Waals surface area (Å²) in [5.41, 5.74) is 2.09. The van der Waals surface area contributed by atoms with Crippen LogP contribution in [0.3, 0.4) is 0 Å². The molecule has 0 aromatic heterocycles. The molecule has 4 heteroatoms. The maximum absolute atomic E-state index is 12.5. The number of amides is 2. The molecule has 2 fully saturated rings. The van der Waals surface area contributed by atoms with E-state index in [1.165, 1.54) is 0 Å². The third-order valence-electron chi connectivity index (χ3n) is 4.88. The highest BCUT2D eigenvalue weighted by Gasteiger charge is 2.48. The molecule has 4 nitrogen and oxygen atoms in total. The number of carbonyl (C=O) groups is 2. The largest absolute Gasteiger partial charge is 0.342 e. The van der Waals surface area contributed by atoms with Crippen molar-refractivity contribution in [3.8, 4) is 0 Å². The molecule has 0 N–H and O–H groups in total. The molecule has 1 aromatic rings. The minimum Gasteiger partial charge on any atom is -0.342 e. The molecule has 1 unspecified atom stereocenters. The zero-order valence-corrected chi connectivity index (χ0v) is 13.6. The second-order valence-corrected chi connectivity index (χ2v) is 7.16. The molecule has 1 spiro atoms. The first kappa shape index (κ1) is 15.1. The molecule has 22 heavy (non-hydrogen) atoms. The van der Waals surface area contributed by atoms with Gasteiger partial charge in [0.1, 0.15) is 0 Å². The van der Waals surface area contributed by atoms with Gasteiger partial charge in [-0.05, 0) is 31.0 Å². The molecule has 0 bridgehead atoms. The van der Waals surface area contributed by atoms with E-state index in [4.69, 9.17) is 0 Å². The Balaban J connectivity index is 1.76. The number of aryl methyl sites for hydroxylation is 1.